The summed E-state index contributed by atoms with van der Waals surface area (Å²) in [5.74, 6) is -0.429. The van der Waals surface area contributed by atoms with E-state index in [1.165, 1.54) is 11.8 Å². The zero-order chi connectivity index (χ0) is 21.0. The molecule has 0 atom stereocenters. The zero-order valence-corrected chi connectivity index (χ0v) is 18.7. The third kappa shape index (κ3) is 5.32. The van der Waals surface area contributed by atoms with Crippen molar-refractivity contribution in [1.29, 1.82) is 0 Å². The molecule has 3 rings (SSSR count). The van der Waals surface area contributed by atoms with E-state index >= 15 is 0 Å². The SMILES string of the molecule is CCOC(=O)c1nn(C(C)C)c(Sc2cc(Cl)cc(Cl)c2)c1Cc1ccncc1. The van der Waals surface area contributed by atoms with Gasteiger partial charge in [0.25, 0.3) is 0 Å². The Bertz CT molecular complexity index is 986. The van der Waals surface area contributed by atoms with Crippen molar-refractivity contribution >= 4 is 40.9 Å². The van der Waals surface area contributed by atoms with Gasteiger partial charge < -0.3 is 4.74 Å². The summed E-state index contributed by atoms with van der Waals surface area (Å²) in [6.45, 7) is 6.11. The number of rotatable bonds is 7. The number of hydrogen-bond donors (Lipinski definition) is 0. The van der Waals surface area contributed by atoms with Gasteiger partial charge in [0, 0.05) is 45.4 Å². The van der Waals surface area contributed by atoms with Gasteiger partial charge in [-0.05, 0) is 56.7 Å². The molecule has 0 aliphatic carbocycles. The van der Waals surface area contributed by atoms with Crippen molar-refractivity contribution in [2.45, 2.75) is 43.2 Å². The normalized spacial score (nSPS) is 11.1. The van der Waals surface area contributed by atoms with Crippen LogP contribution in [0, 0.1) is 0 Å². The highest BCUT2D eigenvalue weighted by Crippen LogP contribution is 2.37. The number of aromatic nitrogens is 3. The fraction of sp³-hybridized carbons (Fsp3) is 0.286. The molecule has 1 aromatic carbocycles. The highest BCUT2D eigenvalue weighted by atomic mass is 35.5. The topological polar surface area (TPSA) is 57.0 Å². The molecule has 0 saturated heterocycles. The molecule has 0 saturated carbocycles. The molecule has 0 aliphatic heterocycles. The maximum Gasteiger partial charge on any atom is 0.359 e. The molecule has 3 aromatic rings. The summed E-state index contributed by atoms with van der Waals surface area (Å²) in [4.78, 5) is 17.6. The molecule has 29 heavy (non-hydrogen) atoms. The van der Waals surface area contributed by atoms with Gasteiger partial charge in [-0.1, -0.05) is 35.0 Å². The second-order valence-corrected chi connectivity index (χ2v) is 8.57. The van der Waals surface area contributed by atoms with Gasteiger partial charge in [-0.25, -0.2) is 4.79 Å². The molecule has 0 unspecified atom stereocenters. The second-order valence-electron chi connectivity index (χ2n) is 6.63. The van der Waals surface area contributed by atoms with Crippen LogP contribution in [0.1, 0.15) is 48.4 Å². The van der Waals surface area contributed by atoms with E-state index in [-0.39, 0.29) is 12.6 Å². The monoisotopic (exact) mass is 449 g/mol. The predicted octanol–water partition coefficient (Wildman–Crippen LogP) is 6.08. The van der Waals surface area contributed by atoms with Gasteiger partial charge in [0.2, 0.25) is 0 Å². The average molecular weight is 450 g/mol. The molecule has 8 heteroatoms. The van der Waals surface area contributed by atoms with E-state index < -0.39 is 5.97 Å². The Balaban J connectivity index is 2.13. The lowest BCUT2D eigenvalue weighted by Crippen LogP contribution is -2.09. The van der Waals surface area contributed by atoms with Crippen LogP contribution in [0.25, 0.3) is 0 Å². The summed E-state index contributed by atoms with van der Waals surface area (Å²) < 4.78 is 7.11. The minimum Gasteiger partial charge on any atom is -0.461 e. The quantitative estimate of drug-likeness (QED) is 0.408. The van der Waals surface area contributed by atoms with Crippen LogP contribution in [0.4, 0.5) is 0 Å². The van der Waals surface area contributed by atoms with Gasteiger partial charge >= 0.3 is 5.97 Å². The summed E-state index contributed by atoms with van der Waals surface area (Å²) in [5.41, 5.74) is 2.16. The number of pyridine rings is 1. The van der Waals surface area contributed by atoms with E-state index in [0.29, 0.717) is 22.2 Å². The van der Waals surface area contributed by atoms with Gasteiger partial charge in [-0.3, -0.25) is 9.67 Å². The molecular formula is C21H21Cl2N3O2S. The number of hydrogen-bond acceptors (Lipinski definition) is 5. The second kappa shape index (κ2) is 9.65. The molecule has 152 valence electrons. The van der Waals surface area contributed by atoms with Crippen molar-refractivity contribution < 1.29 is 9.53 Å². The highest BCUT2D eigenvalue weighted by molar-refractivity contribution is 7.99. The first-order valence-electron chi connectivity index (χ1n) is 9.20. The molecule has 0 fully saturated rings. The van der Waals surface area contributed by atoms with E-state index in [2.05, 4.69) is 10.1 Å². The minimum atomic E-state index is -0.429. The third-order valence-electron chi connectivity index (χ3n) is 4.10. The van der Waals surface area contributed by atoms with Crippen LogP contribution in [0.15, 0.2) is 52.6 Å². The van der Waals surface area contributed by atoms with Crippen LogP contribution in [0.3, 0.4) is 0 Å². The van der Waals surface area contributed by atoms with Crippen LogP contribution in [0.5, 0.6) is 0 Å². The number of halogens is 2. The van der Waals surface area contributed by atoms with Crippen LogP contribution >= 0.6 is 35.0 Å². The van der Waals surface area contributed by atoms with Crippen LogP contribution < -0.4 is 0 Å². The van der Waals surface area contributed by atoms with Crippen molar-refractivity contribution in [1.82, 2.24) is 14.8 Å². The molecule has 0 spiro atoms. The molecule has 2 aromatic heterocycles. The lowest BCUT2D eigenvalue weighted by Gasteiger charge is -2.13. The van der Waals surface area contributed by atoms with E-state index in [4.69, 9.17) is 27.9 Å². The number of nitrogens with zero attached hydrogens (tertiary/aromatic N) is 3. The van der Waals surface area contributed by atoms with Crippen molar-refractivity contribution in [3.63, 3.8) is 0 Å². The highest BCUT2D eigenvalue weighted by Gasteiger charge is 2.26. The molecule has 0 radical (unpaired) electrons. The van der Waals surface area contributed by atoms with E-state index in [1.807, 2.05) is 42.8 Å². The Hall–Kier alpha value is -2.02. The summed E-state index contributed by atoms with van der Waals surface area (Å²) >= 11 is 13.8. The lowest BCUT2D eigenvalue weighted by molar-refractivity contribution is 0.0517. The smallest absolute Gasteiger partial charge is 0.359 e. The first-order chi connectivity index (χ1) is 13.9. The molecule has 2 heterocycles. The predicted molar refractivity (Wildman–Crippen MR) is 116 cm³/mol. The number of carbonyl (C=O) groups excluding carboxylic acids is 1. The number of benzene rings is 1. The fourth-order valence-corrected chi connectivity index (χ4v) is 4.73. The van der Waals surface area contributed by atoms with Gasteiger partial charge in [0.1, 0.15) is 5.03 Å². The van der Waals surface area contributed by atoms with Crippen molar-refractivity contribution in [2.75, 3.05) is 6.61 Å². The molecule has 0 aliphatic rings. The van der Waals surface area contributed by atoms with E-state index in [9.17, 15) is 4.79 Å². The van der Waals surface area contributed by atoms with Crippen LogP contribution in [-0.4, -0.2) is 27.3 Å². The molecular weight excluding hydrogens is 429 g/mol. The Morgan fingerprint density at radius 2 is 1.83 bits per heavy atom. The summed E-state index contributed by atoms with van der Waals surface area (Å²) in [7, 11) is 0. The summed E-state index contributed by atoms with van der Waals surface area (Å²) in [6.07, 6.45) is 3.99. The van der Waals surface area contributed by atoms with E-state index in [1.54, 1.807) is 25.4 Å². The van der Waals surface area contributed by atoms with Crippen molar-refractivity contribution in [3.05, 3.63) is 69.6 Å². The van der Waals surface area contributed by atoms with Gasteiger partial charge in [0.05, 0.1) is 6.61 Å². The largest absolute Gasteiger partial charge is 0.461 e. The van der Waals surface area contributed by atoms with Crippen LogP contribution in [-0.2, 0) is 11.2 Å². The van der Waals surface area contributed by atoms with Gasteiger partial charge in [-0.15, -0.1) is 0 Å². The Morgan fingerprint density at radius 3 is 2.41 bits per heavy atom. The summed E-state index contributed by atoms with van der Waals surface area (Å²) in [6, 6.07) is 9.27. The van der Waals surface area contributed by atoms with Gasteiger partial charge in [0.15, 0.2) is 5.69 Å². The maximum absolute atomic E-state index is 12.6. The fourth-order valence-electron chi connectivity index (χ4n) is 2.84. The number of ether oxygens (including phenoxy) is 1. The first kappa shape index (κ1) is 21.7. The molecule has 5 nitrogen and oxygen atoms in total. The Kier molecular flexibility index (Phi) is 7.22. The lowest BCUT2D eigenvalue weighted by atomic mass is 10.1. The third-order valence-corrected chi connectivity index (χ3v) is 5.63. The van der Waals surface area contributed by atoms with E-state index in [0.717, 1.165) is 21.0 Å². The first-order valence-corrected chi connectivity index (χ1v) is 10.8. The Labute approximate surface area is 184 Å². The minimum absolute atomic E-state index is 0.0477. The molecule has 0 N–H and O–H groups in total. The number of carbonyl (C=O) groups is 1. The molecule has 0 bridgehead atoms. The van der Waals surface area contributed by atoms with Crippen LogP contribution in [0.2, 0.25) is 10.0 Å². The van der Waals surface area contributed by atoms with Crippen molar-refractivity contribution in [3.8, 4) is 0 Å². The maximum atomic E-state index is 12.6. The Morgan fingerprint density at radius 1 is 1.17 bits per heavy atom. The van der Waals surface area contributed by atoms with Gasteiger partial charge in [-0.2, -0.15) is 5.10 Å². The average Bonchev–Trinajstić information content (AvgIpc) is 3.00. The molecule has 0 amide bonds. The standard InChI is InChI=1S/C21H21Cl2N3O2S/c1-4-28-21(27)19-18(9-14-5-7-24-8-6-14)20(26(25-19)13(2)3)29-17-11-15(22)10-16(23)12-17/h5-8,10-13H,4,9H2,1-3H3. The number of esters is 1. The summed E-state index contributed by atoms with van der Waals surface area (Å²) in [5, 5.41) is 6.57. The zero-order valence-electron chi connectivity index (χ0n) is 16.4. The van der Waals surface area contributed by atoms with Crippen molar-refractivity contribution in [2.24, 2.45) is 0 Å².